The lowest BCUT2D eigenvalue weighted by Gasteiger charge is -2.11. The SMILES string of the molecule is O=C1Nc2ccc(S(=O)(=O)Nc3ccc(C(F)(F)F)cc3)cc2C1=Cc1c(Br)cnn1-c1ccc(Cl)cc1. The van der Waals surface area contributed by atoms with Gasteiger partial charge in [0.05, 0.1) is 38.1 Å². The van der Waals surface area contributed by atoms with Crippen molar-refractivity contribution in [3.63, 3.8) is 0 Å². The molecule has 0 bridgehead atoms. The Morgan fingerprint density at radius 1 is 1.03 bits per heavy atom. The Morgan fingerprint density at radius 2 is 1.71 bits per heavy atom. The van der Waals surface area contributed by atoms with Crippen LogP contribution in [0.3, 0.4) is 0 Å². The fraction of sp³-hybridized carbons (Fsp3) is 0.0400. The van der Waals surface area contributed by atoms with Crippen LogP contribution in [0.4, 0.5) is 24.5 Å². The van der Waals surface area contributed by atoms with E-state index in [1.807, 2.05) is 0 Å². The maximum absolute atomic E-state index is 13.0. The molecule has 0 saturated carbocycles. The van der Waals surface area contributed by atoms with Gasteiger partial charge in [0.1, 0.15) is 0 Å². The van der Waals surface area contributed by atoms with Crippen LogP contribution in [0.5, 0.6) is 0 Å². The minimum Gasteiger partial charge on any atom is -0.321 e. The molecule has 1 aromatic heterocycles. The van der Waals surface area contributed by atoms with Gasteiger partial charge in [-0.1, -0.05) is 11.6 Å². The van der Waals surface area contributed by atoms with E-state index in [9.17, 15) is 26.4 Å². The summed E-state index contributed by atoms with van der Waals surface area (Å²) in [5, 5.41) is 7.59. The molecular weight excluding hydrogens is 609 g/mol. The summed E-state index contributed by atoms with van der Waals surface area (Å²) < 4.78 is 69.0. The summed E-state index contributed by atoms with van der Waals surface area (Å²) in [5.41, 5.74) is 1.21. The van der Waals surface area contributed by atoms with Crippen molar-refractivity contribution < 1.29 is 26.4 Å². The van der Waals surface area contributed by atoms with E-state index in [2.05, 4.69) is 31.1 Å². The van der Waals surface area contributed by atoms with Crippen LogP contribution in [0.1, 0.15) is 16.8 Å². The molecule has 0 aliphatic carbocycles. The van der Waals surface area contributed by atoms with Crippen molar-refractivity contribution in [2.24, 2.45) is 0 Å². The molecule has 5 rings (SSSR count). The molecule has 2 heterocycles. The zero-order valence-electron chi connectivity index (χ0n) is 18.9. The third-order valence-corrected chi connectivity index (χ3v) is 7.90. The topological polar surface area (TPSA) is 93.1 Å². The Morgan fingerprint density at radius 3 is 2.37 bits per heavy atom. The molecule has 38 heavy (non-hydrogen) atoms. The van der Waals surface area contributed by atoms with Gasteiger partial charge in [-0.25, -0.2) is 13.1 Å². The Kier molecular flexibility index (Phi) is 6.58. The molecule has 0 radical (unpaired) electrons. The predicted molar refractivity (Wildman–Crippen MR) is 141 cm³/mol. The van der Waals surface area contributed by atoms with E-state index in [1.165, 1.54) is 18.2 Å². The molecule has 0 unspecified atom stereocenters. The number of anilines is 2. The van der Waals surface area contributed by atoms with Crippen LogP contribution in [-0.4, -0.2) is 24.1 Å². The third kappa shape index (κ3) is 5.06. The molecule has 0 fully saturated rings. The van der Waals surface area contributed by atoms with Crippen molar-refractivity contribution >= 4 is 66.5 Å². The highest BCUT2D eigenvalue weighted by atomic mass is 79.9. The van der Waals surface area contributed by atoms with Gasteiger partial charge in [-0.3, -0.25) is 9.52 Å². The van der Waals surface area contributed by atoms with Crippen LogP contribution in [-0.2, 0) is 21.0 Å². The summed E-state index contributed by atoms with van der Waals surface area (Å²) in [4.78, 5) is 12.7. The van der Waals surface area contributed by atoms with E-state index in [1.54, 1.807) is 41.2 Å². The monoisotopic (exact) mass is 622 g/mol. The number of carbonyl (C=O) groups excluding carboxylic acids is 1. The van der Waals surface area contributed by atoms with Crippen molar-refractivity contribution in [1.82, 2.24) is 9.78 Å². The second-order valence-corrected chi connectivity index (χ2v) is 11.1. The molecule has 3 aromatic carbocycles. The maximum atomic E-state index is 13.0. The zero-order valence-corrected chi connectivity index (χ0v) is 22.1. The van der Waals surface area contributed by atoms with Crippen LogP contribution in [0, 0.1) is 0 Å². The highest BCUT2D eigenvalue weighted by molar-refractivity contribution is 9.10. The van der Waals surface area contributed by atoms with Gasteiger partial charge < -0.3 is 5.32 Å². The minimum absolute atomic E-state index is 0.0423. The van der Waals surface area contributed by atoms with Gasteiger partial charge in [0.2, 0.25) is 0 Å². The molecule has 0 atom stereocenters. The van der Waals surface area contributed by atoms with Crippen LogP contribution in [0.25, 0.3) is 17.3 Å². The lowest BCUT2D eigenvalue weighted by molar-refractivity contribution is -0.137. The zero-order chi connectivity index (χ0) is 27.2. The number of sulfonamides is 1. The van der Waals surface area contributed by atoms with Gasteiger partial charge in [-0.05, 0) is 88.7 Å². The Balaban J connectivity index is 1.50. The molecule has 13 heteroatoms. The van der Waals surface area contributed by atoms with E-state index in [4.69, 9.17) is 11.6 Å². The Hall–Kier alpha value is -3.61. The van der Waals surface area contributed by atoms with E-state index in [0.29, 0.717) is 32.1 Å². The number of fused-ring (bicyclic) bond motifs is 1. The van der Waals surface area contributed by atoms with Gasteiger partial charge in [0.25, 0.3) is 15.9 Å². The van der Waals surface area contributed by atoms with Crippen LogP contribution in [0.15, 0.2) is 82.3 Å². The van der Waals surface area contributed by atoms with Crippen LogP contribution >= 0.6 is 27.5 Å². The summed E-state index contributed by atoms with van der Waals surface area (Å²) in [7, 11) is -4.19. The second-order valence-electron chi connectivity index (χ2n) is 8.17. The lowest BCUT2D eigenvalue weighted by atomic mass is 10.1. The summed E-state index contributed by atoms with van der Waals surface area (Å²) in [6.45, 7) is 0. The molecule has 1 aliphatic rings. The smallest absolute Gasteiger partial charge is 0.321 e. The number of rotatable bonds is 5. The largest absolute Gasteiger partial charge is 0.416 e. The van der Waals surface area contributed by atoms with E-state index in [0.717, 1.165) is 24.3 Å². The molecule has 1 aliphatic heterocycles. The van der Waals surface area contributed by atoms with Gasteiger partial charge in [-0.15, -0.1) is 0 Å². The van der Waals surface area contributed by atoms with Crippen molar-refractivity contribution in [2.45, 2.75) is 11.1 Å². The molecule has 0 saturated heterocycles. The predicted octanol–water partition coefficient (Wildman–Crippen LogP) is 6.60. The third-order valence-electron chi connectivity index (χ3n) is 5.66. The van der Waals surface area contributed by atoms with Crippen molar-refractivity contribution in [2.75, 3.05) is 10.0 Å². The molecule has 4 aromatic rings. The number of hydrogen-bond donors (Lipinski definition) is 2. The first-order chi connectivity index (χ1) is 17.9. The summed E-state index contributed by atoms with van der Waals surface area (Å²) in [6, 6.07) is 14.6. The van der Waals surface area contributed by atoms with E-state index >= 15 is 0 Å². The highest BCUT2D eigenvalue weighted by Crippen LogP contribution is 2.37. The number of hydrogen-bond acceptors (Lipinski definition) is 4. The molecular formula is C25H15BrClF3N4O3S. The second kappa shape index (κ2) is 9.61. The molecule has 194 valence electrons. The Bertz CT molecular complexity index is 1700. The van der Waals surface area contributed by atoms with Gasteiger partial charge in [-0.2, -0.15) is 18.3 Å². The fourth-order valence-corrected chi connectivity index (χ4v) is 5.40. The summed E-state index contributed by atoms with van der Waals surface area (Å²) in [6.07, 6.45) is -1.41. The number of nitrogens with zero attached hydrogens (tertiary/aromatic N) is 2. The standard InChI is InChI=1S/C25H15BrClF3N4O3S/c26-21-13-31-34(17-7-3-15(27)4-8-17)23(21)12-20-19-11-18(9-10-22(19)32-24(20)35)38(36,37)33-16-5-1-14(2-6-16)25(28,29)30/h1-13,33H,(H,32,35). The number of benzene rings is 3. The van der Waals surface area contributed by atoms with Crippen molar-refractivity contribution in [3.8, 4) is 5.69 Å². The number of carbonyl (C=O) groups is 1. The molecule has 0 spiro atoms. The fourth-order valence-electron chi connectivity index (χ4n) is 3.81. The summed E-state index contributed by atoms with van der Waals surface area (Å²) >= 11 is 9.42. The average Bonchev–Trinajstić information content (AvgIpc) is 3.38. The molecule has 2 N–H and O–H groups in total. The van der Waals surface area contributed by atoms with Crippen molar-refractivity contribution in [3.05, 3.63) is 99.2 Å². The first kappa shape index (κ1) is 26.0. The minimum atomic E-state index is -4.54. The van der Waals surface area contributed by atoms with Crippen LogP contribution < -0.4 is 10.0 Å². The maximum Gasteiger partial charge on any atom is 0.416 e. The average molecular weight is 624 g/mol. The number of aromatic nitrogens is 2. The number of amides is 1. The number of nitrogens with one attached hydrogen (secondary N) is 2. The quantitative estimate of drug-likeness (QED) is 0.245. The van der Waals surface area contributed by atoms with Gasteiger partial charge in [0.15, 0.2) is 0 Å². The van der Waals surface area contributed by atoms with Crippen LogP contribution in [0.2, 0.25) is 5.02 Å². The number of alkyl halides is 3. The molecule has 7 nitrogen and oxygen atoms in total. The normalized spacial score (nSPS) is 14.4. The van der Waals surface area contributed by atoms with Gasteiger partial charge >= 0.3 is 6.18 Å². The lowest BCUT2D eigenvalue weighted by Crippen LogP contribution is -2.13. The molecule has 1 amide bonds. The van der Waals surface area contributed by atoms with Gasteiger partial charge in [0, 0.05) is 22.0 Å². The Labute approximate surface area is 228 Å². The first-order valence-electron chi connectivity index (χ1n) is 10.8. The van der Waals surface area contributed by atoms with E-state index in [-0.39, 0.29) is 16.2 Å². The highest BCUT2D eigenvalue weighted by Gasteiger charge is 2.31. The van der Waals surface area contributed by atoms with E-state index < -0.39 is 27.7 Å². The first-order valence-corrected chi connectivity index (χ1v) is 13.4. The van der Waals surface area contributed by atoms with Crippen molar-refractivity contribution in [1.29, 1.82) is 0 Å². The summed E-state index contributed by atoms with van der Waals surface area (Å²) in [5.74, 6) is -0.444. The number of halogens is 5.